The van der Waals surface area contributed by atoms with Crippen LogP contribution in [-0.2, 0) is 6.54 Å². The highest BCUT2D eigenvalue weighted by Gasteiger charge is 2.01. The molecule has 0 bridgehead atoms. The van der Waals surface area contributed by atoms with Crippen molar-refractivity contribution < 1.29 is 4.74 Å². The highest BCUT2D eigenvalue weighted by Crippen LogP contribution is 2.18. The molecule has 3 rings (SSSR count). The van der Waals surface area contributed by atoms with E-state index < -0.39 is 0 Å². The van der Waals surface area contributed by atoms with Crippen molar-refractivity contribution in [1.29, 1.82) is 0 Å². The molecule has 2 heterocycles. The Hall–Kier alpha value is -2.56. The van der Waals surface area contributed by atoms with Crippen molar-refractivity contribution in [3.63, 3.8) is 0 Å². The van der Waals surface area contributed by atoms with Crippen molar-refractivity contribution in [2.75, 3.05) is 12.4 Å². The van der Waals surface area contributed by atoms with E-state index in [-0.39, 0.29) is 0 Å². The minimum Gasteiger partial charge on any atom is -0.481 e. The molecule has 1 aromatic carbocycles. The van der Waals surface area contributed by atoms with Gasteiger partial charge in [0, 0.05) is 24.5 Å². The molecule has 2 aromatic heterocycles. The van der Waals surface area contributed by atoms with E-state index >= 15 is 0 Å². The largest absolute Gasteiger partial charge is 0.481 e. The van der Waals surface area contributed by atoms with Crippen molar-refractivity contribution in [2.45, 2.75) is 13.5 Å². The predicted octanol–water partition coefficient (Wildman–Crippen LogP) is 2.89. The number of nitrogens with one attached hydrogen (secondary N) is 2. The van der Waals surface area contributed by atoms with Gasteiger partial charge in [0.2, 0.25) is 5.88 Å². The fourth-order valence-electron chi connectivity index (χ4n) is 2.09. The van der Waals surface area contributed by atoms with Crippen LogP contribution in [0, 0.1) is 6.92 Å². The summed E-state index contributed by atoms with van der Waals surface area (Å²) in [6.07, 6.45) is 1.81. The van der Waals surface area contributed by atoms with Crippen molar-refractivity contribution in [2.24, 2.45) is 0 Å². The summed E-state index contributed by atoms with van der Waals surface area (Å²) in [5.41, 5.74) is 4.18. The van der Waals surface area contributed by atoms with Crippen LogP contribution in [0.3, 0.4) is 0 Å². The summed E-state index contributed by atoms with van der Waals surface area (Å²) in [6.45, 7) is 2.67. The van der Waals surface area contributed by atoms with Crippen LogP contribution in [0.15, 0.2) is 36.5 Å². The van der Waals surface area contributed by atoms with Gasteiger partial charge in [0.1, 0.15) is 5.82 Å². The Bertz CT molecular complexity index is 718. The van der Waals surface area contributed by atoms with Crippen LogP contribution in [0.1, 0.15) is 11.4 Å². The monoisotopic (exact) mass is 268 g/mol. The van der Waals surface area contributed by atoms with Gasteiger partial charge in [-0.1, -0.05) is 6.07 Å². The molecule has 0 saturated carbocycles. The van der Waals surface area contributed by atoms with Crippen LogP contribution in [0.4, 0.5) is 5.69 Å². The summed E-state index contributed by atoms with van der Waals surface area (Å²) in [4.78, 5) is 11.8. The number of methoxy groups -OCH3 is 1. The Labute approximate surface area is 117 Å². The summed E-state index contributed by atoms with van der Waals surface area (Å²) < 4.78 is 5.04. The number of hydrogen-bond donors (Lipinski definition) is 2. The molecule has 0 spiro atoms. The first kappa shape index (κ1) is 12.5. The Morgan fingerprint density at radius 1 is 1.25 bits per heavy atom. The van der Waals surface area contributed by atoms with Gasteiger partial charge in [0.05, 0.1) is 18.1 Å². The van der Waals surface area contributed by atoms with Gasteiger partial charge >= 0.3 is 0 Å². The lowest BCUT2D eigenvalue weighted by molar-refractivity contribution is 0.397. The fourth-order valence-corrected chi connectivity index (χ4v) is 2.09. The maximum absolute atomic E-state index is 5.04. The Morgan fingerprint density at radius 2 is 2.15 bits per heavy atom. The predicted molar refractivity (Wildman–Crippen MR) is 78.9 cm³/mol. The van der Waals surface area contributed by atoms with Crippen LogP contribution < -0.4 is 10.1 Å². The number of fused-ring (bicyclic) bond motifs is 1. The molecule has 20 heavy (non-hydrogen) atoms. The van der Waals surface area contributed by atoms with Gasteiger partial charge in [0.25, 0.3) is 0 Å². The molecule has 5 heteroatoms. The third-order valence-electron chi connectivity index (χ3n) is 3.10. The number of aromatic nitrogens is 3. The van der Waals surface area contributed by atoms with Gasteiger partial charge < -0.3 is 15.0 Å². The number of aryl methyl sites for hydroxylation is 1. The number of pyridine rings is 1. The van der Waals surface area contributed by atoms with Gasteiger partial charge in [-0.3, -0.25) is 0 Å². The number of H-pyrrole nitrogens is 1. The van der Waals surface area contributed by atoms with E-state index in [0.29, 0.717) is 5.88 Å². The summed E-state index contributed by atoms with van der Waals surface area (Å²) in [5.74, 6) is 1.56. The Balaban J connectivity index is 1.72. The summed E-state index contributed by atoms with van der Waals surface area (Å²) in [5, 5.41) is 3.37. The first-order valence-electron chi connectivity index (χ1n) is 6.44. The zero-order chi connectivity index (χ0) is 13.9. The number of nitrogens with zero attached hydrogens (tertiary/aromatic N) is 2. The third kappa shape index (κ3) is 2.56. The van der Waals surface area contributed by atoms with E-state index in [4.69, 9.17) is 4.74 Å². The number of ether oxygens (including phenoxy) is 1. The van der Waals surface area contributed by atoms with Crippen molar-refractivity contribution in [3.8, 4) is 5.88 Å². The number of anilines is 1. The third-order valence-corrected chi connectivity index (χ3v) is 3.10. The van der Waals surface area contributed by atoms with Gasteiger partial charge in [-0.15, -0.1) is 0 Å². The molecule has 0 saturated heterocycles. The van der Waals surface area contributed by atoms with Gasteiger partial charge in [-0.05, 0) is 30.7 Å². The fraction of sp³-hybridized carbons (Fsp3) is 0.200. The molecule has 0 aliphatic rings. The summed E-state index contributed by atoms with van der Waals surface area (Å²) in [7, 11) is 1.61. The summed E-state index contributed by atoms with van der Waals surface area (Å²) in [6, 6.07) is 9.95. The molecule has 0 radical (unpaired) electrons. The lowest BCUT2D eigenvalue weighted by atomic mass is 10.2. The van der Waals surface area contributed by atoms with Crippen molar-refractivity contribution in [1.82, 2.24) is 15.0 Å². The Morgan fingerprint density at radius 3 is 2.90 bits per heavy atom. The molecule has 0 fully saturated rings. The molecular formula is C15H16N4O. The second-order valence-electron chi connectivity index (χ2n) is 4.62. The minimum absolute atomic E-state index is 0.628. The zero-order valence-electron chi connectivity index (χ0n) is 11.5. The van der Waals surface area contributed by atoms with Gasteiger partial charge in [0.15, 0.2) is 0 Å². The molecule has 5 nitrogen and oxygen atoms in total. The van der Waals surface area contributed by atoms with E-state index in [1.807, 2.05) is 37.4 Å². The molecule has 0 atom stereocenters. The molecule has 0 unspecified atom stereocenters. The number of hydrogen-bond acceptors (Lipinski definition) is 4. The number of rotatable bonds is 4. The van der Waals surface area contributed by atoms with E-state index in [2.05, 4.69) is 26.3 Å². The van der Waals surface area contributed by atoms with E-state index in [9.17, 15) is 0 Å². The van der Waals surface area contributed by atoms with Gasteiger partial charge in [-0.25, -0.2) is 9.97 Å². The summed E-state index contributed by atoms with van der Waals surface area (Å²) >= 11 is 0. The van der Waals surface area contributed by atoms with Crippen LogP contribution in [0.2, 0.25) is 0 Å². The molecule has 3 aromatic rings. The Kier molecular flexibility index (Phi) is 3.25. The van der Waals surface area contributed by atoms with Crippen LogP contribution >= 0.6 is 0 Å². The molecule has 2 N–H and O–H groups in total. The second kappa shape index (κ2) is 5.21. The van der Waals surface area contributed by atoms with E-state index in [1.165, 1.54) is 0 Å². The topological polar surface area (TPSA) is 62.8 Å². The van der Waals surface area contributed by atoms with Crippen LogP contribution in [0.25, 0.3) is 11.0 Å². The lowest BCUT2D eigenvalue weighted by Gasteiger charge is -2.06. The molecule has 0 aliphatic heterocycles. The van der Waals surface area contributed by atoms with Gasteiger partial charge in [-0.2, -0.15) is 0 Å². The molecule has 0 aliphatic carbocycles. The normalized spacial score (nSPS) is 10.7. The van der Waals surface area contributed by atoms with E-state index in [0.717, 1.165) is 34.7 Å². The number of benzene rings is 1. The van der Waals surface area contributed by atoms with Crippen LogP contribution in [0.5, 0.6) is 5.88 Å². The smallest absolute Gasteiger partial charge is 0.212 e. The second-order valence-corrected chi connectivity index (χ2v) is 4.62. The molecule has 102 valence electrons. The molecule has 0 amide bonds. The maximum Gasteiger partial charge on any atom is 0.212 e. The maximum atomic E-state index is 5.04. The van der Waals surface area contributed by atoms with Crippen molar-refractivity contribution in [3.05, 3.63) is 47.9 Å². The molecular weight excluding hydrogens is 252 g/mol. The van der Waals surface area contributed by atoms with E-state index in [1.54, 1.807) is 7.11 Å². The van der Waals surface area contributed by atoms with Crippen molar-refractivity contribution >= 4 is 16.7 Å². The number of imidazole rings is 1. The number of aromatic amines is 1. The van der Waals surface area contributed by atoms with Crippen LogP contribution in [-0.4, -0.2) is 22.1 Å². The lowest BCUT2D eigenvalue weighted by Crippen LogP contribution is -2.00. The average Bonchev–Trinajstić information content (AvgIpc) is 2.85. The first-order chi connectivity index (χ1) is 9.74. The minimum atomic E-state index is 0.628. The highest BCUT2D eigenvalue weighted by atomic mass is 16.5. The average molecular weight is 268 g/mol. The quantitative estimate of drug-likeness (QED) is 0.763. The first-order valence-corrected chi connectivity index (χ1v) is 6.44. The SMILES string of the molecule is COc1ccc(CNc2ccc3nc(C)[nH]c3c2)cn1. The standard InChI is InChI=1S/C15H16N4O/c1-10-18-13-5-4-12(7-14(13)19-10)16-8-11-3-6-15(20-2)17-9-11/h3-7,9,16H,8H2,1-2H3,(H,18,19). The highest BCUT2D eigenvalue weighted by molar-refractivity contribution is 5.79. The zero-order valence-corrected chi connectivity index (χ0v) is 11.5.